The molecule has 0 bridgehead atoms. The highest BCUT2D eigenvalue weighted by Crippen LogP contribution is 2.11. The molecule has 15 heavy (non-hydrogen) atoms. The molecule has 1 rings (SSSR count). The molecule has 80 valence electrons. The Hall–Kier alpha value is -2.04. The number of rotatable bonds is 3. The van der Waals surface area contributed by atoms with E-state index < -0.39 is 18.5 Å². The molecule has 0 aliphatic rings. The summed E-state index contributed by atoms with van der Waals surface area (Å²) in [5, 5.41) is 0. The van der Waals surface area contributed by atoms with E-state index in [4.69, 9.17) is 5.73 Å². The van der Waals surface area contributed by atoms with Crippen LogP contribution in [0.2, 0.25) is 0 Å². The lowest BCUT2D eigenvalue weighted by atomic mass is 10.2. The predicted octanol–water partition coefficient (Wildman–Crippen LogP) is 0.599. The number of nitrogens with two attached hydrogens (primary N) is 1. The first-order valence-corrected chi connectivity index (χ1v) is 4.23. The van der Waals surface area contributed by atoms with Gasteiger partial charge in [0.25, 0.3) is 0 Å². The van der Waals surface area contributed by atoms with Gasteiger partial charge < -0.3 is 15.2 Å². The fourth-order valence-corrected chi connectivity index (χ4v) is 0.944. The van der Waals surface area contributed by atoms with Crippen molar-refractivity contribution in [1.82, 2.24) is 0 Å². The number of ether oxygens (including phenoxy) is 2. The maximum atomic E-state index is 11.4. The summed E-state index contributed by atoms with van der Waals surface area (Å²) in [6.07, 6.45) is 0. The summed E-state index contributed by atoms with van der Waals surface area (Å²) in [6, 6.07) is 6.46. The zero-order valence-corrected chi connectivity index (χ0v) is 8.23. The van der Waals surface area contributed by atoms with Gasteiger partial charge in [0.15, 0.2) is 6.61 Å². The molecular weight excluding hydrogens is 198 g/mol. The standard InChI is InChI=1S/C10H11NO4/c1-14-9(12)6-15-10(13)7-4-2-3-5-8(7)11/h2-5H,6,11H2,1H3. The van der Waals surface area contributed by atoms with Gasteiger partial charge >= 0.3 is 11.9 Å². The fourth-order valence-electron chi connectivity index (χ4n) is 0.944. The van der Waals surface area contributed by atoms with Crippen LogP contribution in [0.15, 0.2) is 24.3 Å². The van der Waals surface area contributed by atoms with E-state index in [0.29, 0.717) is 5.69 Å². The van der Waals surface area contributed by atoms with Crippen molar-refractivity contribution < 1.29 is 19.1 Å². The van der Waals surface area contributed by atoms with E-state index in [0.717, 1.165) is 0 Å². The third-order valence-corrected chi connectivity index (χ3v) is 1.73. The molecule has 5 heteroatoms. The van der Waals surface area contributed by atoms with Crippen molar-refractivity contribution in [2.75, 3.05) is 19.5 Å². The first-order chi connectivity index (χ1) is 7.15. The van der Waals surface area contributed by atoms with E-state index >= 15 is 0 Å². The highest BCUT2D eigenvalue weighted by Gasteiger charge is 2.12. The van der Waals surface area contributed by atoms with Gasteiger partial charge in [-0.05, 0) is 12.1 Å². The lowest BCUT2D eigenvalue weighted by Gasteiger charge is -2.05. The van der Waals surface area contributed by atoms with Crippen molar-refractivity contribution in [2.24, 2.45) is 0 Å². The zero-order valence-electron chi connectivity index (χ0n) is 8.23. The van der Waals surface area contributed by atoms with Gasteiger partial charge in [-0.25, -0.2) is 9.59 Å². The summed E-state index contributed by atoms with van der Waals surface area (Å²) < 4.78 is 8.99. The molecule has 0 spiro atoms. The van der Waals surface area contributed by atoms with Crippen molar-refractivity contribution in [2.45, 2.75) is 0 Å². The first-order valence-electron chi connectivity index (χ1n) is 4.23. The van der Waals surface area contributed by atoms with Crippen LogP contribution in [0.25, 0.3) is 0 Å². The van der Waals surface area contributed by atoms with Crippen LogP contribution in [0.3, 0.4) is 0 Å². The van der Waals surface area contributed by atoms with Gasteiger partial charge in [0.2, 0.25) is 0 Å². The second kappa shape index (κ2) is 4.99. The van der Waals surface area contributed by atoms with E-state index in [1.54, 1.807) is 18.2 Å². The van der Waals surface area contributed by atoms with Crippen LogP contribution in [0.4, 0.5) is 5.69 Å². The van der Waals surface area contributed by atoms with Crippen LogP contribution >= 0.6 is 0 Å². The van der Waals surface area contributed by atoms with Gasteiger partial charge in [-0.15, -0.1) is 0 Å². The molecular formula is C10H11NO4. The van der Waals surface area contributed by atoms with Crippen LogP contribution in [0, 0.1) is 0 Å². The van der Waals surface area contributed by atoms with E-state index in [2.05, 4.69) is 9.47 Å². The number of hydrogen-bond donors (Lipinski definition) is 1. The third kappa shape index (κ3) is 2.98. The summed E-state index contributed by atoms with van der Waals surface area (Å²) >= 11 is 0. The zero-order chi connectivity index (χ0) is 11.3. The number of esters is 2. The number of nitrogen functional groups attached to an aromatic ring is 1. The normalized spacial score (nSPS) is 9.40. The second-order valence-corrected chi connectivity index (χ2v) is 2.74. The molecule has 0 atom stereocenters. The Morgan fingerprint density at radius 1 is 1.33 bits per heavy atom. The summed E-state index contributed by atoms with van der Waals surface area (Å²) in [4.78, 5) is 22.1. The van der Waals surface area contributed by atoms with Gasteiger partial charge in [-0.1, -0.05) is 12.1 Å². The van der Waals surface area contributed by atoms with Crippen LogP contribution in [-0.2, 0) is 14.3 Å². The van der Waals surface area contributed by atoms with Crippen LogP contribution in [0.5, 0.6) is 0 Å². The molecule has 0 heterocycles. The number of carbonyl (C=O) groups excluding carboxylic acids is 2. The molecule has 0 saturated heterocycles. The van der Waals surface area contributed by atoms with E-state index in [1.807, 2.05) is 0 Å². The highest BCUT2D eigenvalue weighted by molar-refractivity contribution is 5.95. The number of carbonyl (C=O) groups is 2. The average molecular weight is 209 g/mol. The van der Waals surface area contributed by atoms with Crippen LogP contribution < -0.4 is 5.73 Å². The Morgan fingerprint density at radius 3 is 2.60 bits per heavy atom. The van der Waals surface area contributed by atoms with Gasteiger partial charge in [0, 0.05) is 5.69 Å². The number of methoxy groups -OCH3 is 1. The lowest BCUT2D eigenvalue weighted by Crippen LogP contribution is -2.16. The largest absolute Gasteiger partial charge is 0.466 e. The molecule has 0 fully saturated rings. The number of anilines is 1. The maximum Gasteiger partial charge on any atom is 0.344 e. The van der Waals surface area contributed by atoms with Gasteiger partial charge in [-0.3, -0.25) is 0 Å². The SMILES string of the molecule is COC(=O)COC(=O)c1ccccc1N. The Labute approximate surface area is 86.8 Å². The Balaban J connectivity index is 2.62. The molecule has 2 N–H and O–H groups in total. The molecule has 0 aliphatic heterocycles. The minimum absolute atomic E-state index is 0.237. The van der Waals surface area contributed by atoms with Gasteiger partial charge in [0.1, 0.15) is 0 Å². The monoisotopic (exact) mass is 209 g/mol. The fraction of sp³-hybridized carbons (Fsp3) is 0.200. The topological polar surface area (TPSA) is 78.6 Å². The molecule has 0 unspecified atom stereocenters. The molecule has 0 amide bonds. The summed E-state index contributed by atoms with van der Waals surface area (Å²) in [7, 11) is 1.22. The Kier molecular flexibility index (Phi) is 3.68. The minimum atomic E-state index is -0.640. The molecule has 0 saturated carbocycles. The smallest absolute Gasteiger partial charge is 0.344 e. The quantitative estimate of drug-likeness (QED) is 0.582. The van der Waals surface area contributed by atoms with Crippen LogP contribution in [0.1, 0.15) is 10.4 Å². The highest BCUT2D eigenvalue weighted by atomic mass is 16.6. The van der Waals surface area contributed by atoms with Crippen molar-refractivity contribution in [3.8, 4) is 0 Å². The molecule has 0 aliphatic carbocycles. The van der Waals surface area contributed by atoms with E-state index in [9.17, 15) is 9.59 Å². The second-order valence-electron chi connectivity index (χ2n) is 2.74. The predicted molar refractivity (Wildman–Crippen MR) is 53.2 cm³/mol. The summed E-state index contributed by atoms with van der Waals surface area (Å²) in [5.41, 5.74) is 6.09. The molecule has 0 aromatic heterocycles. The lowest BCUT2D eigenvalue weighted by molar-refractivity contribution is -0.144. The van der Waals surface area contributed by atoms with Crippen LogP contribution in [-0.4, -0.2) is 25.7 Å². The van der Waals surface area contributed by atoms with Crippen molar-refractivity contribution in [1.29, 1.82) is 0 Å². The summed E-state index contributed by atoms with van der Waals surface area (Å²) in [5.74, 6) is -1.25. The van der Waals surface area contributed by atoms with Crippen molar-refractivity contribution in [3.05, 3.63) is 29.8 Å². The Morgan fingerprint density at radius 2 is 2.00 bits per heavy atom. The van der Waals surface area contributed by atoms with Crippen molar-refractivity contribution in [3.63, 3.8) is 0 Å². The third-order valence-electron chi connectivity index (χ3n) is 1.73. The number of para-hydroxylation sites is 1. The average Bonchev–Trinajstić information content (AvgIpc) is 2.26. The molecule has 0 radical (unpaired) electrons. The molecule has 1 aromatic rings. The molecule has 5 nitrogen and oxygen atoms in total. The first kappa shape index (κ1) is 11.0. The minimum Gasteiger partial charge on any atom is -0.466 e. The number of hydrogen-bond acceptors (Lipinski definition) is 5. The number of benzene rings is 1. The van der Waals surface area contributed by atoms with Gasteiger partial charge in [-0.2, -0.15) is 0 Å². The van der Waals surface area contributed by atoms with E-state index in [-0.39, 0.29) is 5.56 Å². The maximum absolute atomic E-state index is 11.4. The van der Waals surface area contributed by atoms with Crippen molar-refractivity contribution >= 4 is 17.6 Å². The molecule has 1 aromatic carbocycles. The van der Waals surface area contributed by atoms with E-state index in [1.165, 1.54) is 13.2 Å². The summed E-state index contributed by atoms with van der Waals surface area (Å²) in [6.45, 7) is -0.413. The van der Waals surface area contributed by atoms with Gasteiger partial charge in [0.05, 0.1) is 12.7 Å². The Bertz CT molecular complexity index is 375.